The number of ether oxygens (including phenoxy) is 2. The Bertz CT molecular complexity index is 597. The van der Waals surface area contributed by atoms with Gasteiger partial charge in [-0.3, -0.25) is 14.5 Å². The lowest BCUT2D eigenvalue weighted by molar-refractivity contribution is -0.122. The Morgan fingerprint density at radius 2 is 1.90 bits per heavy atom. The lowest BCUT2D eigenvalue weighted by Gasteiger charge is -2.10. The monoisotopic (exact) mass is 307 g/mol. The fourth-order valence-electron chi connectivity index (χ4n) is 2.01. The molecule has 0 aliphatic carbocycles. The first-order valence-electron chi connectivity index (χ1n) is 6.58. The number of hydrogen-bond donors (Lipinski definition) is 0. The maximum absolute atomic E-state index is 12.1. The molecule has 6 heteroatoms. The van der Waals surface area contributed by atoms with Crippen molar-refractivity contribution in [2.45, 2.75) is 13.3 Å². The summed E-state index contributed by atoms with van der Waals surface area (Å²) in [5.41, 5.74) is 0.787. The van der Waals surface area contributed by atoms with Crippen molar-refractivity contribution in [3.05, 3.63) is 28.7 Å². The third-order valence-corrected chi connectivity index (χ3v) is 3.93. The van der Waals surface area contributed by atoms with Crippen molar-refractivity contribution in [2.75, 3.05) is 20.8 Å². The maximum atomic E-state index is 12.1. The standard InChI is InChI=1S/C15H17NO4S/c1-4-7-16-14(17)13(21-15(16)18)9-10-5-6-11(19-2)12(8-10)20-3/h5-6,8-9H,4,7H2,1-3H3/b13-9+. The van der Waals surface area contributed by atoms with E-state index in [0.717, 1.165) is 23.7 Å². The first-order valence-corrected chi connectivity index (χ1v) is 7.39. The van der Waals surface area contributed by atoms with Crippen molar-refractivity contribution in [3.63, 3.8) is 0 Å². The van der Waals surface area contributed by atoms with Gasteiger partial charge in [-0.05, 0) is 42.0 Å². The molecule has 2 rings (SSSR count). The van der Waals surface area contributed by atoms with E-state index in [1.54, 1.807) is 32.4 Å². The van der Waals surface area contributed by atoms with Gasteiger partial charge in [-0.2, -0.15) is 0 Å². The lowest BCUT2D eigenvalue weighted by Crippen LogP contribution is -2.28. The second-order valence-corrected chi connectivity index (χ2v) is 5.44. The fourth-order valence-corrected chi connectivity index (χ4v) is 2.88. The first-order chi connectivity index (χ1) is 10.1. The third-order valence-electron chi connectivity index (χ3n) is 3.03. The molecule has 0 unspecified atom stereocenters. The lowest BCUT2D eigenvalue weighted by atomic mass is 10.2. The first kappa shape index (κ1) is 15.4. The molecule has 1 fully saturated rings. The predicted octanol–water partition coefficient (Wildman–Crippen LogP) is 3.15. The maximum Gasteiger partial charge on any atom is 0.293 e. The van der Waals surface area contributed by atoms with Crippen molar-refractivity contribution < 1.29 is 19.1 Å². The highest BCUT2D eigenvalue weighted by molar-refractivity contribution is 8.18. The zero-order chi connectivity index (χ0) is 15.4. The molecule has 1 aromatic rings. The van der Waals surface area contributed by atoms with E-state index in [1.807, 2.05) is 13.0 Å². The molecular formula is C15H17NO4S. The number of amides is 2. The van der Waals surface area contributed by atoms with Crippen molar-refractivity contribution in [1.82, 2.24) is 4.90 Å². The van der Waals surface area contributed by atoms with Gasteiger partial charge in [0.05, 0.1) is 19.1 Å². The van der Waals surface area contributed by atoms with E-state index >= 15 is 0 Å². The Kier molecular flexibility index (Phi) is 4.90. The molecule has 0 spiro atoms. The zero-order valence-electron chi connectivity index (χ0n) is 12.2. The minimum Gasteiger partial charge on any atom is -0.493 e. The summed E-state index contributed by atoms with van der Waals surface area (Å²) < 4.78 is 10.4. The second-order valence-electron chi connectivity index (χ2n) is 4.45. The van der Waals surface area contributed by atoms with Crippen LogP contribution >= 0.6 is 11.8 Å². The summed E-state index contributed by atoms with van der Waals surface area (Å²) in [4.78, 5) is 25.6. The van der Waals surface area contributed by atoms with Crippen LogP contribution in [0.15, 0.2) is 23.1 Å². The van der Waals surface area contributed by atoms with Crippen LogP contribution in [0.5, 0.6) is 11.5 Å². The summed E-state index contributed by atoms with van der Waals surface area (Å²) in [7, 11) is 3.12. The van der Waals surface area contributed by atoms with Crippen LogP contribution in [0.2, 0.25) is 0 Å². The molecule has 2 amide bonds. The second kappa shape index (κ2) is 6.67. The number of thioether (sulfide) groups is 1. The molecule has 1 aromatic carbocycles. The molecule has 0 N–H and O–H groups in total. The van der Waals surface area contributed by atoms with Crippen LogP contribution in [0, 0.1) is 0 Å². The van der Waals surface area contributed by atoms with E-state index in [1.165, 1.54) is 4.90 Å². The van der Waals surface area contributed by atoms with Crippen molar-refractivity contribution >= 4 is 29.0 Å². The Morgan fingerprint density at radius 1 is 1.19 bits per heavy atom. The Balaban J connectivity index is 2.28. The highest BCUT2D eigenvalue weighted by atomic mass is 32.2. The predicted molar refractivity (Wildman–Crippen MR) is 82.5 cm³/mol. The minimum atomic E-state index is -0.235. The van der Waals surface area contributed by atoms with Gasteiger partial charge in [0, 0.05) is 6.54 Å². The number of carbonyl (C=O) groups is 2. The van der Waals surface area contributed by atoms with Gasteiger partial charge in [0.2, 0.25) is 0 Å². The summed E-state index contributed by atoms with van der Waals surface area (Å²) in [6.45, 7) is 2.38. The van der Waals surface area contributed by atoms with Gasteiger partial charge in [-0.1, -0.05) is 13.0 Å². The Labute approximate surface area is 127 Å². The van der Waals surface area contributed by atoms with Gasteiger partial charge in [0.1, 0.15) is 0 Å². The number of imide groups is 1. The molecule has 5 nitrogen and oxygen atoms in total. The molecular weight excluding hydrogens is 290 g/mol. The molecule has 0 bridgehead atoms. The number of hydrogen-bond acceptors (Lipinski definition) is 5. The van der Waals surface area contributed by atoms with Crippen LogP contribution in [0.25, 0.3) is 6.08 Å². The molecule has 1 saturated heterocycles. The van der Waals surface area contributed by atoms with E-state index in [4.69, 9.17) is 9.47 Å². The quantitative estimate of drug-likeness (QED) is 0.782. The van der Waals surface area contributed by atoms with E-state index in [9.17, 15) is 9.59 Å². The number of nitrogens with zero attached hydrogens (tertiary/aromatic N) is 1. The van der Waals surface area contributed by atoms with Crippen molar-refractivity contribution in [1.29, 1.82) is 0 Å². The van der Waals surface area contributed by atoms with Gasteiger partial charge in [-0.25, -0.2) is 0 Å². The largest absolute Gasteiger partial charge is 0.493 e. The van der Waals surface area contributed by atoms with Gasteiger partial charge >= 0.3 is 0 Å². The third kappa shape index (κ3) is 3.21. The zero-order valence-corrected chi connectivity index (χ0v) is 13.0. The average Bonchev–Trinajstić information content (AvgIpc) is 2.75. The molecule has 0 radical (unpaired) electrons. The van der Waals surface area contributed by atoms with Gasteiger partial charge in [-0.15, -0.1) is 0 Å². The van der Waals surface area contributed by atoms with Crippen LogP contribution in [-0.4, -0.2) is 36.8 Å². The summed E-state index contributed by atoms with van der Waals surface area (Å²) >= 11 is 0.966. The van der Waals surface area contributed by atoms with Gasteiger partial charge in [0.25, 0.3) is 11.1 Å². The number of methoxy groups -OCH3 is 2. The highest BCUT2D eigenvalue weighted by Gasteiger charge is 2.34. The molecule has 0 aromatic heterocycles. The van der Waals surface area contributed by atoms with Crippen molar-refractivity contribution in [3.8, 4) is 11.5 Å². The Morgan fingerprint density at radius 3 is 2.52 bits per heavy atom. The van der Waals surface area contributed by atoms with Crippen LogP contribution in [0.4, 0.5) is 4.79 Å². The van der Waals surface area contributed by atoms with Crippen LogP contribution in [-0.2, 0) is 4.79 Å². The Hall–Kier alpha value is -1.95. The van der Waals surface area contributed by atoms with Crippen LogP contribution in [0.3, 0.4) is 0 Å². The smallest absolute Gasteiger partial charge is 0.293 e. The normalized spacial score (nSPS) is 16.7. The van der Waals surface area contributed by atoms with Gasteiger partial charge < -0.3 is 9.47 Å². The average molecular weight is 307 g/mol. The molecule has 1 heterocycles. The number of carbonyl (C=O) groups excluding carboxylic acids is 2. The fraction of sp³-hybridized carbons (Fsp3) is 0.333. The summed E-state index contributed by atoms with van der Waals surface area (Å²) in [6, 6.07) is 5.35. The van der Waals surface area contributed by atoms with E-state index in [2.05, 4.69) is 0 Å². The SMILES string of the molecule is CCCN1C(=O)S/C(=C/c2ccc(OC)c(OC)c2)C1=O. The van der Waals surface area contributed by atoms with E-state index < -0.39 is 0 Å². The van der Waals surface area contributed by atoms with Gasteiger partial charge in [0.15, 0.2) is 11.5 Å². The number of rotatable bonds is 5. The molecule has 1 aliphatic rings. The molecule has 0 atom stereocenters. The summed E-state index contributed by atoms with van der Waals surface area (Å²) in [5, 5.41) is -0.214. The summed E-state index contributed by atoms with van der Waals surface area (Å²) in [6.07, 6.45) is 2.45. The number of benzene rings is 1. The molecule has 1 aliphatic heterocycles. The highest BCUT2D eigenvalue weighted by Crippen LogP contribution is 2.34. The molecule has 0 saturated carbocycles. The molecule has 112 valence electrons. The van der Waals surface area contributed by atoms with Crippen LogP contribution < -0.4 is 9.47 Å². The van der Waals surface area contributed by atoms with Crippen LogP contribution in [0.1, 0.15) is 18.9 Å². The summed E-state index contributed by atoms with van der Waals surface area (Å²) in [5.74, 6) is 0.967. The van der Waals surface area contributed by atoms with E-state index in [0.29, 0.717) is 22.9 Å². The van der Waals surface area contributed by atoms with Crippen molar-refractivity contribution in [2.24, 2.45) is 0 Å². The topological polar surface area (TPSA) is 55.8 Å². The molecule has 21 heavy (non-hydrogen) atoms. The van der Waals surface area contributed by atoms with E-state index in [-0.39, 0.29) is 11.1 Å². The minimum absolute atomic E-state index is 0.214.